The number of aryl methyl sites for hydroxylation is 1. The van der Waals surface area contributed by atoms with Crippen molar-refractivity contribution in [3.05, 3.63) is 64.7 Å². The number of anilines is 1. The van der Waals surface area contributed by atoms with Crippen molar-refractivity contribution in [2.24, 2.45) is 5.73 Å². The second kappa shape index (κ2) is 8.46. The number of carboxylic acids is 1. The van der Waals surface area contributed by atoms with E-state index in [-0.39, 0.29) is 11.5 Å². The minimum absolute atomic E-state index is 0.120. The third kappa shape index (κ3) is 4.03. The van der Waals surface area contributed by atoms with Crippen molar-refractivity contribution in [3.8, 4) is 0 Å². The summed E-state index contributed by atoms with van der Waals surface area (Å²) in [4.78, 5) is 26.0. The zero-order chi connectivity index (χ0) is 20.3. The molecule has 2 atom stereocenters. The van der Waals surface area contributed by atoms with Gasteiger partial charge in [-0.1, -0.05) is 37.3 Å². The van der Waals surface area contributed by atoms with E-state index in [0.717, 1.165) is 24.2 Å². The quantitative estimate of drug-likeness (QED) is 0.792. The number of carboxylic acid groups (broad SMARTS) is 1. The summed E-state index contributed by atoms with van der Waals surface area (Å²) in [6.07, 6.45) is 3.61. The normalized spacial score (nSPS) is 16.4. The molecule has 1 saturated heterocycles. The summed E-state index contributed by atoms with van der Waals surface area (Å²) < 4.78 is 0. The first-order valence-corrected chi connectivity index (χ1v) is 9.87. The average Bonchev–Trinajstić information content (AvgIpc) is 2.68. The predicted molar refractivity (Wildman–Crippen MR) is 111 cm³/mol. The number of carbonyl (C=O) groups excluding carboxylic acids is 1. The molecule has 0 saturated carbocycles. The zero-order valence-electron chi connectivity index (χ0n) is 16.5. The highest BCUT2D eigenvalue weighted by atomic mass is 16.4. The first-order chi connectivity index (χ1) is 13.4. The lowest BCUT2D eigenvalue weighted by atomic mass is 9.80. The van der Waals surface area contributed by atoms with Crippen LogP contribution in [0.4, 0.5) is 5.69 Å². The highest BCUT2D eigenvalue weighted by Gasteiger charge is 2.30. The summed E-state index contributed by atoms with van der Waals surface area (Å²) in [6.45, 7) is 6.20. The summed E-state index contributed by atoms with van der Waals surface area (Å²) in [5.74, 6) is -2.03. The van der Waals surface area contributed by atoms with E-state index in [2.05, 4.69) is 24.0 Å². The Morgan fingerprint density at radius 1 is 1.04 bits per heavy atom. The van der Waals surface area contributed by atoms with Crippen LogP contribution in [0.15, 0.2) is 42.5 Å². The van der Waals surface area contributed by atoms with Gasteiger partial charge in [0.25, 0.3) is 0 Å². The van der Waals surface area contributed by atoms with Crippen molar-refractivity contribution in [1.29, 1.82) is 0 Å². The fourth-order valence-corrected chi connectivity index (χ4v) is 4.31. The molecule has 5 heteroatoms. The number of piperidine rings is 1. The van der Waals surface area contributed by atoms with Crippen LogP contribution in [-0.2, 0) is 4.79 Å². The molecule has 0 radical (unpaired) electrons. The number of benzene rings is 2. The van der Waals surface area contributed by atoms with Gasteiger partial charge >= 0.3 is 5.97 Å². The van der Waals surface area contributed by atoms with Gasteiger partial charge in [0, 0.05) is 18.8 Å². The Kier molecular flexibility index (Phi) is 6.02. The summed E-state index contributed by atoms with van der Waals surface area (Å²) in [7, 11) is 0. The molecule has 3 rings (SSSR count). The van der Waals surface area contributed by atoms with Crippen LogP contribution in [0, 0.1) is 6.92 Å². The van der Waals surface area contributed by atoms with E-state index in [0.29, 0.717) is 0 Å². The number of nitrogens with zero attached hydrogens (tertiary/aromatic N) is 1. The van der Waals surface area contributed by atoms with Gasteiger partial charge in [0.1, 0.15) is 0 Å². The lowest BCUT2D eigenvalue weighted by Gasteiger charge is -2.34. The molecule has 3 N–H and O–H groups in total. The van der Waals surface area contributed by atoms with Crippen molar-refractivity contribution in [1.82, 2.24) is 0 Å². The SMILES string of the molecule is Cc1cccc(C(C)C(C(N)=O)c2ccc(C(=O)O)cc2)c1N1CCCCC1. The monoisotopic (exact) mass is 380 g/mol. The van der Waals surface area contributed by atoms with Gasteiger partial charge in [-0.25, -0.2) is 4.79 Å². The van der Waals surface area contributed by atoms with Gasteiger partial charge in [0.2, 0.25) is 5.91 Å². The number of hydrogen-bond donors (Lipinski definition) is 2. The van der Waals surface area contributed by atoms with Crippen molar-refractivity contribution in [3.63, 3.8) is 0 Å². The molecule has 0 aliphatic carbocycles. The van der Waals surface area contributed by atoms with Crippen LogP contribution in [0.3, 0.4) is 0 Å². The maximum Gasteiger partial charge on any atom is 0.335 e. The Morgan fingerprint density at radius 2 is 1.68 bits per heavy atom. The van der Waals surface area contributed by atoms with Crippen LogP contribution in [-0.4, -0.2) is 30.1 Å². The second-order valence-electron chi connectivity index (χ2n) is 7.66. The molecule has 1 fully saturated rings. The van der Waals surface area contributed by atoms with Gasteiger partial charge in [0.05, 0.1) is 11.5 Å². The summed E-state index contributed by atoms with van der Waals surface area (Å²) in [5.41, 5.74) is 10.3. The lowest BCUT2D eigenvalue weighted by molar-refractivity contribution is -0.119. The molecule has 2 aromatic carbocycles. The molecule has 148 valence electrons. The lowest BCUT2D eigenvalue weighted by Crippen LogP contribution is -2.32. The van der Waals surface area contributed by atoms with Gasteiger partial charge in [-0.05, 0) is 60.9 Å². The second-order valence-corrected chi connectivity index (χ2v) is 7.66. The number of primary amides is 1. The molecular weight excluding hydrogens is 352 g/mol. The summed E-state index contributed by atoms with van der Waals surface area (Å²) >= 11 is 0. The van der Waals surface area contributed by atoms with Crippen LogP contribution < -0.4 is 10.6 Å². The fraction of sp³-hybridized carbons (Fsp3) is 0.391. The van der Waals surface area contributed by atoms with E-state index in [1.165, 1.54) is 42.6 Å². The van der Waals surface area contributed by atoms with Crippen LogP contribution in [0.5, 0.6) is 0 Å². The number of carbonyl (C=O) groups is 2. The van der Waals surface area contributed by atoms with Gasteiger partial charge < -0.3 is 15.7 Å². The molecular formula is C23H28N2O3. The van der Waals surface area contributed by atoms with Crippen molar-refractivity contribution < 1.29 is 14.7 Å². The largest absolute Gasteiger partial charge is 0.478 e. The molecule has 2 unspecified atom stereocenters. The topological polar surface area (TPSA) is 83.6 Å². The zero-order valence-corrected chi connectivity index (χ0v) is 16.5. The molecule has 1 heterocycles. The van der Waals surface area contributed by atoms with Gasteiger partial charge in [-0.15, -0.1) is 0 Å². The number of hydrogen-bond acceptors (Lipinski definition) is 3. The Hall–Kier alpha value is -2.82. The van der Waals surface area contributed by atoms with Crippen molar-refractivity contribution >= 4 is 17.6 Å². The Balaban J connectivity index is 2.00. The molecule has 5 nitrogen and oxygen atoms in total. The summed E-state index contributed by atoms with van der Waals surface area (Å²) in [6, 6.07) is 12.7. The Bertz CT molecular complexity index is 855. The maximum atomic E-state index is 12.4. The first-order valence-electron chi connectivity index (χ1n) is 9.87. The molecule has 1 amide bonds. The van der Waals surface area contributed by atoms with Gasteiger partial charge in [0.15, 0.2) is 0 Å². The minimum Gasteiger partial charge on any atom is -0.478 e. The third-order valence-electron chi connectivity index (χ3n) is 5.76. The summed E-state index contributed by atoms with van der Waals surface area (Å²) in [5, 5.41) is 9.12. The van der Waals surface area contributed by atoms with Crippen LogP contribution in [0.1, 0.15) is 65.1 Å². The number of nitrogens with two attached hydrogens (primary N) is 1. The predicted octanol–water partition coefficient (Wildman–Crippen LogP) is 4.06. The van der Waals surface area contributed by atoms with E-state index < -0.39 is 17.8 Å². The molecule has 1 aliphatic heterocycles. The minimum atomic E-state index is -0.985. The molecule has 28 heavy (non-hydrogen) atoms. The fourth-order valence-electron chi connectivity index (χ4n) is 4.31. The smallest absolute Gasteiger partial charge is 0.335 e. The van der Waals surface area contributed by atoms with E-state index in [1.807, 2.05) is 13.0 Å². The number of rotatable bonds is 6. The van der Waals surface area contributed by atoms with E-state index in [1.54, 1.807) is 12.1 Å². The third-order valence-corrected chi connectivity index (χ3v) is 5.76. The highest BCUT2D eigenvalue weighted by molar-refractivity contribution is 5.88. The standard InChI is InChI=1S/C23H28N2O3/c1-15-7-6-8-19(21(15)25-13-4-3-5-14-25)16(2)20(22(24)26)17-9-11-18(12-10-17)23(27)28/h6-12,16,20H,3-5,13-14H2,1-2H3,(H2,24,26)(H,27,28). The Labute approximate surface area is 166 Å². The van der Waals surface area contributed by atoms with E-state index in [4.69, 9.17) is 10.8 Å². The van der Waals surface area contributed by atoms with Crippen LogP contribution >= 0.6 is 0 Å². The molecule has 0 bridgehead atoms. The van der Waals surface area contributed by atoms with Crippen molar-refractivity contribution in [2.75, 3.05) is 18.0 Å². The highest BCUT2D eigenvalue weighted by Crippen LogP contribution is 2.40. The van der Waals surface area contributed by atoms with Crippen LogP contribution in [0.2, 0.25) is 0 Å². The van der Waals surface area contributed by atoms with Crippen LogP contribution in [0.25, 0.3) is 0 Å². The van der Waals surface area contributed by atoms with Crippen molar-refractivity contribution in [2.45, 2.75) is 44.9 Å². The number of amides is 1. The molecule has 1 aliphatic rings. The molecule has 2 aromatic rings. The molecule has 0 aromatic heterocycles. The maximum absolute atomic E-state index is 12.4. The van der Waals surface area contributed by atoms with Gasteiger partial charge in [-0.3, -0.25) is 4.79 Å². The Morgan fingerprint density at radius 3 is 2.25 bits per heavy atom. The average molecular weight is 380 g/mol. The van der Waals surface area contributed by atoms with Gasteiger partial charge in [-0.2, -0.15) is 0 Å². The van der Waals surface area contributed by atoms with E-state index in [9.17, 15) is 9.59 Å². The number of para-hydroxylation sites is 1. The number of aromatic carboxylic acids is 1. The first kappa shape index (κ1) is 19.9. The van der Waals surface area contributed by atoms with E-state index >= 15 is 0 Å². The molecule has 0 spiro atoms.